The minimum absolute atomic E-state index is 0.00228. The second-order valence-corrected chi connectivity index (χ2v) is 28.1. The third-order valence-electron chi connectivity index (χ3n) is 18.4. The van der Waals surface area contributed by atoms with Gasteiger partial charge in [0.1, 0.15) is 34.5 Å². The summed E-state index contributed by atoms with van der Waals surface area (Å²) in [6.45, 7) is 16.7. The summed E-state index contributed by atoms with van der Waals surface area (Å²) < 4.78 is 45.8. The van der Waals surface area contributed by atoms with Gasteiger partial charge >= 0.3 is 0 Å². The van der Waals surface area contributed by atoms with Gasteiger partial charge in [-0.2, -0.15) is 0 Å². The van der Waals surface area contributed by atoms with Crippen molar-refractivity contribution in [1.82, 2.24) is 34.6 Å². The van der Waals surface area contributed by atoms with Crippen molar-refractivity contribution in [1.29, 1.82) is 0 Å². The molecule has 3 aromatic carbocycles. The highest BCUT2D eigenvalue weighted by Gasteiger charge is 2.41. The first-order valence-corrected chi connectivity index (χ1v) is 34.4. The van der Waals surface area contributed by atoms with Gasteiger partial charge in [0.05, 0.1) is 43.3 Å². The van der Waals surface area contributed by atoms with E-state index in [0.29, 0.717) is 96.3 Å². The van der Waals surface area contributed by atoms with E-state index in [-0.39, 0.29) is 83.8 Å². The lowest BCUT2D eigenvalue weighted by molar-refractivity contribution is -0.120. The quantitative estimate of drug-likeness (QED) is 0.0330. The monoisotopic (exact) mass is 1410 g/mol. The minimum atomic E-state index is -0.796. The standard InChI is InChI=1S/C24H27ClFN3O3.C24H29ClFN3O3.C23H22ClFN4O3S/c1-3-24(10-6-11-24)28-23(32)21(30)20-19(25)18(17-7-4-5-12-29(17)20)22(31)27-15-8-9-16(26)14(2)13-15;1-5-24(3,4)13-27-23(32)21(30)20-19(25)18(17-8-6-7-11-29(17)20)22(31)28-15-9-10-16(26)14(2)12-15;1-12-9-14(6-7-16(12)25)28-22(31)18-17-5-3-4-8-29(17)20(19(18)24)21(30)23(32)27-11-15-10-26-13(2)33-15/h8-9,13H,3-7,10-12H2,1-2H3,(H,27,31)(H,28,32);9-10,12H,5-8,11,13H2,1-4H3,(H,27,32)(H,28,31);6-7,9-10H,3-5,8,11H2,1-2H3,(H,27,32)(H,28,31). The summed E-state index contributed by atoms with van der Waals surface area (Å²) in [6.07, 6.45) is 12.7. The lowest BCUT2D eigenvalue weighted by Crippen LogP contribution is -2.55. The molecule has 97 heavy (non-hydrogen) atoms. The van der Waals surface area contributed by atoms with Gasteiger partial charge < -0.3 is 45.6 Å². The number of benzene rings is 3. The van der Waals surface area contributed by atoms with Gasteiger partial charge in [0.25, 0.3) is 52.8 Å². The average molecular weight is 1410 g/mol. The van der Waals surface area contributed by atoms with Crippen LogP contribution >= 0.6 is 46.1 Å². The molecule has 0 atom stereocenters. The Kier molecular flexibility index (Phi) is 23.3. The number of nitrogens with one attached hydrogen (secondary N) is 6. The molecule has 514 valence electrons. The molecule has 0 unspecified atom stereocenters. The number of nitrogens with zero attached hydrogens (tertiary/aromatic N) is 4. The molecule has 6 N–H and O–H groups in total. The van der Waals surface area contributed by atoms with Crippen LogP contribution in [-0.4, -0.2) is 83.6 Å². The lowest BCUT2D eigenvalue weighted by atomic mass is 9.75. The van der Waals surface area contributed by atoms with Crippen LogP contribution in [0.4, 0.5) is 30.2 Å². The van der Waals surface area contributed by atoms with Gasteiger partial charge in [0.2, 0.25) is 0 Å². The number of thiazole rings is 1. The summed E-state index contributed by atoms with van der Waals surface area (Å²) in [5.41, 5.74) is 4.63. The maximum Gasteiger partial charge on any atom is 0.294 e. The number of aryl methyl sites for hydroxylation is 4. The molecule has 0 radical (unpaired) electrons. The predicted molar refractivity (Wildman–Crippen MR) is 368 cm³/mol. The Morgan fingerprint density at radius 1 is 0.536 bits per heavy atom. The van der Waals surface area contributed by atoms with Crippen molar-refractivity contribution < 1.29 is 56.3 Å². The Balaban J connectivity index is 0.000000171. The molecule has 7 aromatic rings. The third kappa shape index (κ3) is 16.3. The molecule has 1 aliphatic carbocycles. The van der Waals surface area contributed by atoms with E-state index in [2.05, 4.69) is 36.9 Å². The van der Waals surface area contributed by atoms with E-state index < -0.39 is 52.8 Å². The molecule has 0 bridgehead atoms. The number of anilines is 3. The Bertz CT molecular complexity index is 4290. The molecule has 26 heteroatoms. The van der Waals surface area contributed by atoms with Crippen molar-refractivity contribution in [2.45, 2.75) is 177 Å². The molecular formula is C71H78Cl3F3N10O9S. The fraction of sp³-hybridized carbons (Fsp3) is 0.408. The van der Waals surface area contributed by atoms with Crippen molar-refractivity contribution in [3.8, 4) is 0 Å². The highest BCUT2D eigenvalue weighted by molar-refractivity contribution is 7.11. The van der Waals surface area contributed by atoms with Crippen LogP contribution in [0.1, 0.15) is 205 Å². The zero-order valence-corrected chi connectivity index (χ0v) is 58.4. The SMILES string of the molecule is CCC(C)(C)CNC(=O)C(=O)c1c(Cl)c(C(=O)Nc2ccc(F)c(C)c2)c2n1CCCC2.CCC1(NC(=O)C(=O)c2c(Cl)c(C(=O)Nc3ccc(F)c(C)c3)c3n2CCCC3)CCC1.Cc1ncc(CNC(=O)C(=O)c2c(Cl)c(C(=O)Nc3ccc(F)c(C)c3)c3n2CCCC3)s1. The molecule has 1 saturated carbocycles. The van der Waals surface area contributed by atoms with E-state index in [1.807, 2.05) is 34.6 Å². The number of rotatable bonds is 19. The summed E-state index contributed by atoms with van der Waals surface area (Å²) in [7, 11) is 0. The minimum Gasteiger partial charge on any atom is -0.349 e. The molecule has 6 amide bonds. The van der Waals surface area contributed by atoms with Crippen LogP contribution in [0.15, 0.2) is 60.8 Å². The smallest absolute Gasteiger partial charge is 0.294 e. The van der Waals surface area contributed by atoms with Crippen LogP contribution in [0.2, 0.25) is 15.1 Å². The third-order valence-corrected chi connectivity index (χ3v) is 20.4. The highest BCUT2D eigenvalue weighted by Crippen LogP contribution is 2.39. The number of aromatic nitrogens is 4. The van der Waals surface area contributed by atoms with Crippen LogP contribution in [0.25, 0.3) is 0 Å². The summed E-state index contributed by atoms with van der Waals surface area (Å²) >= 11 is 21.1. The fourth-order valence-corrected chi connectivity index (χ4v) is 14.1. The molecule has 4 aromatic heterocycles. The average Bonchev–Trinajstić information content (AvgIpc) is 1.63. The lowest BCUT2D eigenvalue weighted by Gasteiger charge is -2.41. The maximum absolute atomic E-state index is 13.6. The topological polar surface area (TPSA) is 253 Å². The molecule has 0 spiro atoms. The van der Waals surface area contributed by atoms with Crippen LogP contribution in [0.5, 0.6) is 0 Å². The number of halogens is 6. The summed E-state index contributed by atoms with van der Waals surface area (Å²) in [4.78, 5) is 122. The van der Waals surface area contributed by atoms with Crippen LogP contribution < -0.4 is 31.9 Å². The van der Waals surface area contributed by atoms with Gasteiger partial charge in [0, 0.05) is 76.9 Å². The normalized spacial score (nSPS) is 14.3. The van der Waals surface area contributed by atoms with Crippen molar-refractivity contribution in [3.05, 3.63) is 171 Å². The number of fused-ring (bicyclic) bond motifs is 3. The van der Waals surface area contributed by atoms with Crippen molar-refractivity contribution in [2.24, 2.45) is 5.41 Å². The molecule has 19 nitrogen and oxygen atoms in total. The van der Waals surface area contributed by atoms with Crippen LogP contribution in [0, 0.1) is 50.6 Å². The van der Waals surface area contributed by atoms with Crippen LogP contribution in [-0.2, 0) is 59.8 Å². The zero-order chi connectivity index (χ0) is 70.4. The van der Waals surface area contributed by atoms with Gasteiger partial charge in [-0.1, -0.05) is 62.5 Å². The molecule has 3 aliphatic heterocycles. The molecular weight excluding hydrogens is 1330 g/mol. The fourth-order valence-electron chi connectivity index (χ4n) is 12.3. The van der Waals surface area contributed by atoms with E-state index in [4.69, 9.17) is 34.8 Å². The van der Waals surface area contributed by atoms with Gasteiger partial charge in [-0.15, -0.1) is 11.3 Å². The Morgan fingerprint density at radius 3 is 1.23 bits per heavy atom. The number of ketones is 3. The first kappa shape index (κ1) is 72.9. The van der Waals surface area contributed by atoms with Crippen molar-refractivity contribution in [3.63, 3.8) is 0 Å². The number of amides is 6. The van der Waals surface area contributed by atoms with Gasteiger partial charge in [-0.05, 0) is 194 Å². The van der Waals surface area contributed by atoms with Crippen molar-refractivity contribution in [2.75, 3.05) is 22.5 Å². The number of Topliss-reactive ketones (excluding diaryl/α,β-unsaturated/α-hetero) is 3. The zero-order valence-electron chi connectivity index (χ0n) is 55.3. The van der Waals surface area contributed by atoms with E-state index in [1.54, 1.807) is 40.7 Å². The second-order valence-electron chi connectivity index (χ2n) is 25.7. The molecule has 4 aliphatic rings. The first-order valence-electron chi connectivity index (χ1n) is 32.5. The van der Waals surface area contributed by atoms with E-state index >= 15 is 0 Å². The van der Waals surface area contributed by atoms with E-state index in [0.717, 1.165) is 80.5 Å². The largest absolute Gasteiger partial charge is 0.349 e. The summed E-state index contributed by atoms with van der Waals surface area (Å²) in [6, 6.07) is 12.8. The highest BCUT2D eigenvalue weighted by atomic mass is 35.5. The molecule has 0 saturated heterocycles. The molecule has 7 heterocycles. The number of hydrogen-bond acceptors (Lipinski definition) is 11. The molecule has 1 fully saturated rings. The second kappa shape index (κ2) is 31.0. The van der Waals surface area contributed by atoms with E-state index in [9.17, 15) is 56.3 Å². The van der Waals surface area contributed by atoms with Gasteiger partial charge in [-0.25, -0.2) is 18.2 Å². The van der Waals surface area contributed by atoms with Gasteiger partial charge in [-0.3, -0.25) is 43.2 Å². The predicted octanol–water partition coefficient (Wildman–Crippen LogP) is 14.2. The summed E-state index contributed by atoms with van der Waals surface area (Å²) in [5.74, 6) is -7.04. The van der Waals surface area contributed by atoms with Crippen molar-refractivity contribution >= 4 is 116 Å². The van der Waals surface area contributed by atoms with E-state index in [1.165, 1.54) is 65.9 Å². The Hall–Kier alpha value is -8.38. The van der Waals surface area contributed by atoms with Crippen LogP contribution in [0.3, 0.4) is 0 Å². The van der Waals surface area contributed by atoms with Gasteiger partial charge in [0.15, 0.2) is 0 Å². The summed E-state index contributed by atoms with van der Waals surface area (Å²) in [5, 5.41) is 17.2. The number of hydrogen-bond donors (Lipinski definition) is 6. The Morgan fingerprint density at radius 2 is 0.907 bits per heavy atom. The number of carbonyl (C=O) groups excluding carboxylic acids is 9. The first-order chi connectivity index (χ1) is 46.1. The maximum atomic E-state index is 13.6. The Labute approximate surface area is 579 Å². The molecule has 11 rings (SSSR count). The number of carbonyl (C=O) groups is 9.